The molecule has 0 fully saturated rings. The highest BCUT2D eigenvalue weighted by molar-refractivity contribution is 9.10. The van der Waals surface area contributed by atoms with E-state index in [9.17, 15) is 9.59 Å². The third-order valence-corrected chi connectivity index (χ3v) is 5.53. The fourth-order valence-corrected chi connectivity index (χ4v) is 4.00. The van der Waals surface area contributed by atoms with Crippen molar-refractivity contribution in [2.45, 2.75) is 13.1 Å². The highest BCUT2D eigenvalue weighted by Gasteiger charge is 2.18. The van der Waals surface area contributed by atoms with Gasteiger partial charge >= 0.3 is 0 Å². The summed E-state index contributed by atoms with van der Waals surface area (Å²) in [6.45, 7) is 0.785. The average Bonchev–Trinajstić information content (AvgIpc) is 3.14. The van der Waals surface area contributed by atoms with E-state index in [0.717, 1.165) is 27.1 Å². The molecule has 0 aliphatic heterocycles. The Labute approximate surface area is 173 Å². The predicted molar refractivity (Wildman–Crippen MR) is 113 cm³/mol. The van der Waals surface area contributed by atoms with Crippen molar-refractivity contribution in [2.24, 2.45) is 0 Å². The molecule has 1 N–H and O–H groups in total. The Kier molecular flexibility index (Phi) is 5.31. The van der Waals surface area contributed by atoms with Crippen LogP contribution in [0.3, 0.4) is 0 Å². The Balaban J connectivity index is 1.56. The lowest BCUT2D eigenvalue weighted by Gasteiger charge is -2.06. The van der Waals surface area contributed by atoms with Crippen molar-refractivity contribution < 1.29 is 4.79 Å². The lowest BCUT2D eigenvalue weighted by atomic mass is 10.2. The molecule has 2 heterocycles. The second-order valence-electron chi connectivity index (χ2n) is 6.18. The van der Waals surface area contributed by atoms with Crippen molar-refractivity contribution in [3.05, 3.63) is 91.8 Å². The van der Waals surface area contributed by atoms with Crippen molar-refractivity contribution in [3.8, 4) is 0 Å². The number of carbonyl (C=O) groups excluding carboxylic acids is 1. The molecule has 8 heteroatoms. The molecule has 0 radical (unpaired) electrons. The molecule has 140 valence electrons. The molecule has 0 bridgehead atoms. The van der Waals surface area contributed by atoms with Crippen molar-refractivity contribution in [1.82, 2.24) is 19.2 Å². The van der Waals surface area contributed by atoms with Gasteiger partial charge < -0.3 is 5.32 Å². The summed E-state index contributed by atoms with van der Waals surface area (Å²) in [4.78, 5) is 30.0. The molecular formula is C20H15BrN4O2S. The summed E-state index contributed by atoms with van der Waals surface area (Å²) in [7, 11) is 0. The number of hydrogen-bond donors (Lipinski definition) is 1. The molecule has 0 aliphatic rings. The van der Waals surface area contributed by atoms with E-state index in [0.29, 0.717) is 23.5 Å². The van der Waals surface area contributed by atoms with Gasteiger partial charge in [-0.2, -0.15) is 4.37 Å². The molecule has 0 aliphatic carbocycles. The first-order valence-electron chi connectivity index (χ1n) is 8.53. The summed E-state index contributed by atoms with van der Waals surface area (Å²) in [6.07, 6.45) is 1.47. The second kappa shape index (κ2) is 8.04. The van der Waals surface area contributed by atoms with E-state index in [1.807, 2.05) is 54.6 Å². The maximum Gasteiger partial charge on any atom is 0.281 e. The Hall–Kier alpha value is -2.84. The van der Waals surface area contributed by atoms with Gasteiger partial charge in [-0.15, -0.1) is 0 Å². The van der Waals surface area contributed by atoms with Gasteiger partial charge in [-0.3, -0.25) is 14.2 Å². The number of hydrogen-bond acceptors (Lipinski definition) is 5. The van der Waals surface area contributed by atoms with Gasteiger partial charge in [-0.25, -0.2) is 4.98 Å². The summed E-state index contributed by atoms with van der Waals surface area (Å²) < 4.78 is 6.64. The number of rotatable bonds is 5. The number of halogens is 1. The van der Waals surface area contributed by atoms with Crippen LogP contribution in [0, 0.1) is 0 Å². The van der Waals surface area contributed by atoms with Gasteiger partial charge in [0.15, 0.2) is 5.52 Å². The third-order valence-electron chi connectivity index (χ3n) is 4.20. The summed E-state index contributed by atoms with van der Waals surface area (Å²) in [5.41, 5.74) is 2.26. The monoisotopic (exact) mass is 454 g/mol. The number of aromatic nitrogens is 3. The molecule has 0 spiro atoms. The van der Waals surface area contributed by atoms with Crippen LogP contribution in [0.2, 0.25) is 0 Å². The van der Waals surface area contributed by atoms with Crippen LogP contribution >= 0.6 is 27.5 Å². The van der Waals surface area contributed by atoms with Crippen LogP contribution in [-0.4, -0.2) is 19.8 Å². The summed E-state index contributed by atoms with van der Waals surface area (Å²) in [5.74, 6) is -0.291. The molecule has 6 nitrogen and oxygen atoms in total. The van der Waals surface area contributed by atoms with E-state index in [1.165, 1.54) is 10.9 Å². The molecule has 2 aromatic carbocycles. The molecule has 0 atom stereocenters. The highest BCUT2D eigenvalue weighted by atomic mass is 79.9. The van der Waals surface area contributed by atoms with Gasteiger partial charge in [0.2, 0.25) is 0 Å². The van der Waals surface area contributed by atoms with Crippen molar-refractivity contribution >= 4 is 44.4 Å². The lowest BCUT2D eigenvalue weighted by Crippen LogP contribution is -2.24. The molecule has 4 aromatic rings. The van der Waals surface area contributed by atoms with Gasteiger partial charge in [-0.05, 0) is 34.8 Å². The average molecular weight is 455 g/mol. The van der Waals surface area contributed by atoms with Gasteiger partial charge in [0.05, 0.1) is 12.9 Å². The number of nitrogens with zero attached hydrogens (tertiary/aromatic N) is 3. The zero-order chi connectivity index (χ0) is 19.5. The smallest absolute Gasteiger partial charge is 0.281 e. The van der Waals surface area contributed by atoms with E-state index in [1.54, 1.807) is 0 Å². The fourth-order valence-electron chi connectivity index (χ4n) is 2.81. The fraction of sp³-hybridized carbons (Fsp3) is 0.100. The molecule has 28 heavy (non-hydrogen) atoms. The first-order chi connectivity index (χ1) is 13.6. The van der Waals surface area contributed by atoms with Crippen LogP contribution < -0.4 is 10.9 Å². The zero-order valence-electron chi connectivity index (χ0n) is 14.6. The van der Waals surface area contributed by atoms with Gasteiger partial charge in [0.25, 0.3) is 11.5 Å². The van der Waals surface area contributed by atoms with E-state index >= 15 is 0 Å². The van der Waals surface area contributed by atoms with Crippen LogP contribution in [0.1, 0.15) is 20.8 Å². The number of fused-ring (bicyclic) bond motifs is 1. The van der Waals surface area contributed by atoms with Crippen LogP contribution in [-0.2, 0) is 13.1 Å². The summed E-state index contributed by atoms with van der Waals surface area (Å²) in [5, 5.41) is 2.86. The van der Waals surface area contributed by atoms with E-state index < -0.39 is 0 Å². The molecule has 2 aromatic heterocycles. The maximum absolute atomic E-state index is 12.7. The van der Waals surface area contributed by atoms with Crippen molar-refractivity contribution in [1.29, 1.82) is 0 Å². The molecular weight excluding hydrogens is 440 g/mol. The molecule has 1 amide bonds. The van der Waals surface area contributed by atoms with E-state index in [4.69, 9.17) is 0 Å². The SMILES string of the molecule is O=C(NCc1cccc(Br)c1)c1snc2c(=O)n(Cc3ccccc3)cnc12. The van der Waals surface area contributed by atoms with E-state index in [2.05, 4.69) is 30.6 Å². The van der Waals surface area contributed by atoms with E-state index in [-0.39, 0.29) is 17.0 Å². The van der Waals surface area contributed by atoms with Gasteiger partial charge in [0.1, 0.15) is 10.4 Å². The quantitative estimate of drug-likeness (QED) is 0.499. The normalized spacial score (nSPS) is 10.9. The third kappa shape index (κ3) is 3.88. The topological polar surface area (TPSA) is 76.9 Å². The Morgan fingerprint density at radius 3 is 2.64 bits per heavy atom. The molecule has 0 saturated carbocycles. The minimum Gasteiger partial charge on any atom is -0.347 e. The predicted octanol–water partition coefficient (Wildman–Crippen LogP) is 3.59. The Morgan fingerprint density at radius 1 is 1.07 bits per heavy atom. The van der Waals surface area contributed by atoms with Gasteiger partial charge in [-0.1, -0.05) is 58.4 Å². The van der Waals surface area contributed by atoms with Crippen LogP contribution in [0.5, 0.6) is 0 Å². The first-order valence-corrected chi connectivity index (χ1v) is 10.1. The summed E-state index contributed by atoms with van der Waals surface area (Å²) in [6, 6.07) is 17.3. The van der Waals surface area contributed by atoms with Crippen molar-refractivity contribution in [3.63, 3.8) is 0 Å². The first kappa shape index (κ1) is 18.5. The van der Waals surface area contributed by atoms with Crippen LogP contribution in [0.4, 0.5) is 0 Å². The lowest BCUT2D eigenvalue weighted by molar-refractivity contribution is 0.0956. The molecule has 0 saturated heterocycles. The summed E-state index contributed by atoms with van der Waals surface area (Å²) >= 11 is 4.40. The zero-order valence-corrected chi connectivity index (χ0v) is 17.0. The Bertz CT molecular complexity index is 1200. The number of nitrogens with one attached hydrogen (secondary N) is 1. The Morgan fingerprint density at radius 2 is 1.86 bits per heavy atom. The van der Waals surface area contributed by atoms with Crippen molar-refractivity contribution in [2.75, 3.05) is 0 Å². The van der Waals surface area contributed by atoms with Crippen LogP contribution in [0.25, 0.3) is 11.0 Å². The minimum absolute atomic E-state index is 0.219. The minimum atomic E-state index is -0.291. The number of amides is 1. The molecule has 0 unspecified atom stereocenters. The largest absolute Gasteiger partial charge is 0.347 e. The number of carbonyl (C=O) groups is 1. The second-order valence-corrected chi connectivity index (χ2v) is 7.87. The number of benzene rings is 2. The highest BCUT2D eigenvalue weighted by Crippen LogP contribution is 2.18. The standard InChI is InChI=1S/C20H15BrN4O2S/c21-15-8-4-7-14(9-15)10-22-19(26)18-16-17(24-28-18)20(27)25(12-23-16)11-13-5-2-1-3-6-13/h1-9,12H,10-11H2,(H,22,26). The maximum atomic E-state index is 12.7. The van der Waals surface area contributed by atoms with Gasteiger partial charge in [0, 0.05) is 11.0 Å². The molecule has 4 rings (SSSR count). The van der Waals surface area contributed by atoms with Crippen LogP contribution in [0.15, 0.2) is 70.2 Å².